The first-order valence-corrected chi connectivity index (χ1v) is 10.4. The molecule has 6 heteroatoms. The molecule has 3 aromatic carbocycles. The second kappa shape index (κ2) is 7.20. The molecule has 1 amide bonds. The van der Waals surface area contributed by atoms with E-state index >= 15 is 0 Å². The van der Waals surface area contributed by atoms with E-state index in [2.05, 4.69) is 0 Å². The van der Waals surface area contributed by atoms with Crippen molar-refractivity contribution in [3.63, 3.8) is 0 Å². The molecule has 142 valence electrons. The van der Waals surface area contributed by atoms with Crippen LogP contribution >= 0.6 is 0 Å². The molecule has 1 aliphatic heterocycles. The molecule has 0 spiro atoms. The van der Waals surface area contributed by atoms with Crippen molar-refractivity contribution in [1.29, 1.82) is 0 Å². The highest BCUT2D eigenvalue weighted by molar-refractivity contribution is 7.92. The number of carbonyl (C=O) groups is 1. The zero-order valence-electron chi connectivity index (χ0n) is 15.0. The Morgan fingerprint density at radius 3 is 2.29 bits per heavy atom. The molecule has 3 aromatic rings. The molecule has 28 heavy (non-hydrogen) atoms. The number of nitrogens with zero attached hydrogens (tertiary/aromatic N) is 1. The molecule has 1 unspecified atom stereocenters. The SMILES string of the molecule is O=C1CC(c2ccccc2)S(=O)(=O)c2ccccc2N1Cc1ccccc1F. The quantitative estimate of drug-likeness (QED) is 0.665. The highest BCUT2D eigenvalue weighted by Crippen LogP contribution is 2.41. The third kappa shape index (κ3) is 3.20. The van der Waals surface area contributed by atoms with Crippen LogP contribution in [0.4, 0.5) is 10.1 Å². The van der Waals surface area contributed by atoms with E-state index in [0.717, 1.165) is 0 Å². The second-order valence-corrected chi connectivity index (χ2v) is 8.79. The number of fused-ring (bicyclic) bond motifs is 1. The maximum absolute atomic E-state index is 14.2. The van der Waals surface area contributed by atoms with E-state index < -0.39 is 20.9 Å². The van der Waals surface area contributed by atoms with Gasteiger partial charge in [-0.15, -0.1) is 0 Å². The highest BCUT2D eigenvalue weighted by atomic mass is 32.2. The van der Waals surface area contributed by atoms with Crippen LogP contribution < -0.4 is 4.90 Å². The van der Waals surface area contributed by atoms with Crippen LogP contribution in [0.25, 0.3) is 0 Å². The molecule has 4 rings (SSSR count). The third-order valence-electron chi connectivity index (χ3n) is 4.96. The van der Waals surface area contributed by atoms with Crippen LogP contribution in [0.2, 0.25) is 0 Å². The molecule has 0 N–H and O–H groups in total. The fourth-order valence-corrected chi connectivity index (χ4v) is 5.44. The van der Waals surface area contributed by atoms with Crippen molar-refractivity contribution in [3.8, 4) is 0 Å². The van der Waals surface area contributed by atoms with Gasteiger partial charge in [-0.25, -0.2) is 12.8 Å². The Hall–Kier alpha value is -2.99. The molecular weight excluding hydrogens is 377 g/mol. The first-order valence-electron chi connectivity index (χ1n) is 8.90. The molecule has 0 saturated carbocycles. The summed E-state index contributed by atoms with van der Waals surface area (Å²) in [5.41, 5.74) is 1.19. The van der Waals surface area contributed by atoms with Crippen LogP contribution in [0.15, 0.2) is 83.8 Å². The van der Waals surface area contributed by atoms with Crippen molar-refractivity contribution in [1.82, 2.24) is 0 Å². The molecule has 0 aromatic heterocycles. The Balaban J connectivity index is 1.85. The van der Waals surface area contributed by atoms with E-state index in [9.17, 15) is 17.6 Å². The summed E-state index contributed by atoms with van der Waals surface area (Å²) < 4.78 is 41.0. The van der Waals surface area contributed by atoms with Gasteiger partial charge >= 0.3 is 0 Å². The Labute approximate surface area is 163 Å². The van der Waals surface area contributed by atoms with Crippen molar-refractivity contribution >= 4 is 21.4 Å². The van der Waals surface area contributed by atoms with Crippen LogP contribution in [0.3, 0.4) is 0 Å². The predicted octanol–water partition coefficient (Wildman–Crippen LogP) is 4.28. The Morgan fingerprint density at radius 1 is 0.893 bits per heavy atom. The summed E-state index contributed by atoms with van der Waals surface area (Å²) in [6, 6.07) is 21.3. The summed E-state index contributed by atoms with van der Waals surface area (Å²) >= 11 is 0. The molecule has 1 aliphatic rings. The fraction of sp³-hybridized carbons (Fsp3) is 0.136. The smallest absolute Gasteiger partial charge is 0.229 e. The van der Waals surface area contributed by atoms with Crippen LogP contribution in [-0.2, 0) is 21.2 Å². The van der Waals surface area contributed by atoms with Crippen molar-refractivity contribution < 1.29 is 17.6 Å². The van der Waals surface area contributed by atoms with Crippen molar-refractivity contribution in [2.45, 2.75) is 23.1 Å². The largest absolute Gasteiger partial charge is 0.307 e. The predicted molar refractivity (Wildman–Crippen MR) is 105 cm³/mol. The highest BCUT2D eigenvalue weighted by Gasteiger charge is 2.39. The van der Waals surface area contributed by atoms with E-state index in [4.69, 9.17) is 0 Å². The molecule has 0 aliphatic carbocycles. The van der Waals surface area contributed by atoms with E-state index in [1.807, 2.05) is 0 Å². The number of hydrogen-bond acceptors (Lipinski definition) is 3. The first-order chi connectivity index (χ1) is 13.5. The minimum Gasteiger partial charge on any atom is -0.307 e. The standard InChI is InChI=1S/C22H18FNO3S/c23-18-11-5-4-10-17(18)15-24-19-12-6-7-13-20(19)28(26,27)21(14-22(24)25)16-8-2-1-3-9-16/h1-13,21H,14-15H2. The molecule has 1 heterocycles. The Bertz CT molecular complexity index is 1130. The number of sulfone groups is 1. The van der Waals surface area contributed by atoms with Crippen LogP contribution in [0.1, 0.15) is 22.8 Å². The molecule has 0 saturated heterocycles. The Kier molecular flexibility index (Phi) is 4.73. The second-order valence-electron chi connectivity index (χ2n) is 6.69. The molecule has 0 bridgehead atoms. The van der Waals surface area contributed by atoms with Gasteiger partial charge in [0, 0.05) is 12.0 Å². The number of halogens is 1. The number of hydrogen-bond donors (Lipinski definition) is 0. The summed E-state index contributed by atoms with van der Waals surface area (Å²) in [5, 5.41) is -0.979. The van der Waals surface area contributed by atoms with Gasteiger partial charge in [0.25, 0.3) is 0 Å². The van der Waals surface area contributed by atoms with Gasteiger partial charge in [-0.2, -0.15) is 0 Å². The molecule has 4 nitrogen and oxygen atoms in total. The topological polar surface area (TPSA) is 54.5 Å². The fourth-order valence-electron chi connectivity index (χ4n) is 3.52. The summed E-state index contributed by atoms with van der Waals surface area (Å²) in [6.45, 7) is -0.0282. The lowest BCUT2D eigenvalue weighted by molar-refractivity contribution is -0.118. The lowest BCUT2D eigenvalue weighted by Gasteiger charge is -2.22. The zero-order chi connectivity index (χ0) is 19.7. The summed E-state index contributed by atoms with van der Waals surface area (Å²) in [5.74, 6) is -0.787. The van der Waals surface area contributed by atoms with Gasteiger partial charge in [0.1, 0.15) is 5.82 Å². The number of carbonyl (C=O) groups excluding carboxylic acids is 1. The molecule has 0 fully saturated rings. The van der Waals surface area contributed by atoms with Crippen molar-refractivity contribution in [2.75, 3.05) is 4.90 Å². The minimum atomic E-state index is -3.80. The number of para-hydroxylation sites is 1. The average molecular weight is 395 g/mol. The number of rotatable bonds is 3. The van der Waals surface area contributed by atoms with E-state index in [-0.39, 0.29) is 29.5 Å². The maximum atomic E-state index is 14.2. The van der Waals surface area contributed by atoms with Crippen LogP contribution in [0.5, 0.6) is 0 Å². The summed E-state index contributed by atoms with van der Waals surface area (Å²) in [6.07, 6.45) is -0.199. The van der Waals surface area contributed by atoms with Gasteiger partial charge in [0.15, 0.2) is 9.84 Å². The first kappa shape index (κ1) is 18.4. The average Bonchev–Trinajstić information content (AvgIpc) is 2.79. The number of amides is 1. The normalized spacial score (nSPS) is 18.4. The third-order valence-corrected chi connectivity index (χ3v) is 7.10. The summed E-state index contributed by atoms with van der Waals surface area (Å²) in [7, 11) is -3.80. The van der Waals surface area contributed by atoms with Crippen molar-refractivity contribution in [3.05, 3.63) is 95.8 Å². The number of anilines is 1. The van der Waals surface area contributed by atoms with Crippen LogP contribution in [-0.4, -0.2) is 14.3 Å². The Morgan fingerprint density at radius 2 is 1.54 bits per heavy atom. The van der Waals surface area contributed by atoms with Gasteiger partial charge in [0.05, 0.1) is 22.4 Å². The van der Waals surface area contributed by atoms with E-state index in [0.29, 0.717) is 11.1 Å². The van der Waals surface area contributed by atoms with Crippen LogP contribution in [0, 0.1) is 5.82 Å². The maximum Gasteiger partial charge on any atom is 0.229 e. The zero-order valence-corrected chi connectivity index (χ0v) is 15.8. The minimum absolute atomic E-state index is 0.0282. The van der Waals surface area contributed by atoms with Crippen molar-refractivity contribution in [2.24, 2.45) is 0 Å². The monoisotopic (exact) mass is 395 g/mol. The molecule has 0 radical (unpaired) electrons. The van der Waals surface area contributed by atoms with E-state index in [1.54, 1.807) is 66.7 Å². The lowest BCUT2D eigenvalue weighted by Crippen LogP contribution is -2.30. The molecular formula is C22H18FNO3S. The van der Waals surface area contributed by atoms with Gasteiger partial charge < -0.3 is 4.90 Å². The van der Waals surface area contributed by atoms with Gasteiger partial charge in [-0.3, -0.25) is 4.79 Å². The molecule has 1 atom stereocenters. The van der Waals surface area contributed by atoms with E-state index in [1.165, 1.54) is 17.0 Å². The van der Waals surface area contributed by atoms with Gasteiger partial charge in [0.2, 0.25) is 5.91 Å². The van der Waals surface area contributed by atoms with Gasteiger partial charge in [-0.05, 0) is 23.8 Å². The summed E-state index contributed by atoms with van der Waals surface area (Å²) in [4.78, 5) is 14.6. The van der Waals surface area contributed by atoms with Gasteiger partial charge in [-0.1, -0.05) is 60.7 Å². The lowest BCUT2D eigenvalue weighted by atomic mass is 10.1. The number of benzene rings is 3.